The van der Waals surface area contributed by atoms with E-state index in [1.54, 1.807) is 6.20 Å². The van der Waals surface area contributed by atoms with Crippen LogP contribution in [0.25, 0.3) is 0 Å². The molecule has 1 atom stereocenters. The van der Waals surface area contributed by atoms with Crippen LogP contribution in [0, 0.1) is 5.82 Å². The first-order valence-electron chi connectivity index (χ1n) is 5.39. The highest BCUT2D eigenvalue weighted by atomic mass is 19.1. The Balaban J connectivity index is 2.33. The molecule has 3 N–H and O–H groups in total. The van der Waals surface area contributed by atoms with Crippen molar-refractivity contribution in [1.29, 1.82) is 0 Å². The number of halogens is 1. The van der Waals surface area contributed by atoms with Crippen LogP contribution >= 0.6 is 0 Å². The van der Waals surface area contributed by atoms with Gasteiger partial charge in [0.25, 0.3) is 0 Å². The van der Waals surface area contributed by atoms with Gasteiger partial charge < -0.3 is 4.42 Å². The zero-order chi connectivity index (χ0) is 12.3. The molecule has 0 saturated carbocycles. The minimum Gasteiger partial charge on any atom is -0.464 e. The maximum absolute atomic E-state index is 13.1. The molecule has 0 amide bonds. The molecule has 0 aliphatic rings. The van der Waals surface area contributed by atoms with Crippen LogP contribution < -0.4 is 11.3 Å². The second kappa shape index (κ2) is 5.07. The summed E-state index contributed by atoms with van der Waals surface area (Å²) >= 11 is 0. The maximum atomic E-state index is 13.1. The van der Waals surface area contributed by atoms with Gasteiger partial charge in [0.2, 0.25) is 0 Å². The fraction of sp³-hybridized carbons (Fsp3) is 0.250. The van der Waals surface area contributed by atoms with E-state index < -0.39 is 11.9 Å². The molecule has 0 aliphatic carbocycles. The van der Waals surface area contributed by atoms with Crippen LogP contribution in [0.5, 0.6) is 0 Å². The Kier molecular flexibility index (Phi) is 3.51. The third-order valence-electron chi connectivity index (χ3n) is 2.54. The third-order valence-corrected chi connectivity index (χ3v) is 2.54. The normalized spacial score (nSPS) is 12.6. The number of aromatic nitrogens is 1. The molecular formula is C12H14FN3O. The smallest absolute Gasteiger partial charge is 0.141 e. The molecule has 1 unspecified atom stereocenters. The van der Waals surface area contributed by atoms with Crippen LogP contribution in [0.2, 0.25) is 0 Å². The van der Waals surface area contributed by atoms with Crippen molar-refractivity contribution < 1.29 is 8.81 Å². The molecule has 0 saturated heterocycles. The molecule has 4 nitrogen and oxygen atoms in total. The van der Waals surface area contributed by atoms with Gasteiger partial charge in [-0.2, -0.15) is 0 Å². The topological polar surface area (TPSA) is 64.1 Å². The molecule has 5 heteroatoms. The van der Waals surface area contributed by atoms with Crippen molar-refractivity contribution in [3.05, 3.63) is 53.5 Å². The van der Waals surface area contributed by atoms with E-state index in [0.29, 0.717) is 11.3 Å². The molecule has 0 aromatic carbocycles. The molecule has 2 heterocycles. The van der Waals surface area contributed by atoms with Crippen molar-refractivity contribution in [2.45, 2.75) is 19.4 Å². The van der Waals surface area contributed by atoms with Gasteiger partial charge in [-0.25, -0.2) is 9.82 Å². The van der Waals surface area contributed by atoms with E-state index in [4.69, 9.17) is 10.3 Å². The van der Waals surface area contributed by atoms with Gasteiger partial charge in [0, 0.05) is 12.6 Å². The lowest BCUT2D eigenvalue weighted by Crippen LogP contribution is -2.28. The van der Waals surface area contributed by atoms with Gasteiger partial charge in [-0.1, -0.05) is 6.92 Å². The van der Waals surface area contributed by atoms with Gasteiger partial charge in [0.05, 0.1) is 6.20 Å². The van der Waals surface area contributed by atoms with Crippen molar-refractivity contribution in [1.82, 2.24) is 10.4 Å². The predicted molar refractivity (Wildman–Crippen MR) is 61.4 cm³/mol. The molecule has 90 valence electrons. The highest BCUT2D eigenvalue weighted by Gasteiger charge is 2.17. The van der Waals surface area contributed by atoms with Gasteiger partial charge >= 0.3 is 0 Å². The Labute approximate surface area is 98.6 Å². The lowest BCUT2D eigenvalue weighted by atomic mass is 10.1. The van der Waals surface area contributed by atoms with Crippen molar-refractivity contribution in [3.8, 4) is 0 Å². The van der Waals surface area contributed by atoms with E-state index >= 15 is 0 Å². The molecule has 0 bridgehead atoms. The van der Waals surface area contributed by atoms with Crippen LogP contribution in [0.4, 0.5) is 4.39 Å². The lowest BCUT2D eigenvalue weighted by molar-refractivity contribution is 0.424. The number of hydrogen-bond donors (Lipinski definition) is 2. The van der Waals surface area contributed by atoms with Crippen molar-refractivity contribution in [2.75, 3.05) is 0 Å². The molecule has 2 rings (SSSR count). The Morgan fingerprint density at radius 2 is 2.29 bits per heavy atom. The largest absolute Gasteiger partial charge is 0.464 e. The zero-order valence-electron chi connectivity index (χ0n) is 9.48. The van der Waals surface area contributed by atoms with Crippen molar-refractivity contribution >= 4 is 0 Å². The lowest BCUT2D eigenvalue weighted by Gasteiger charge is -2.13. The number of nitrogens with one attached hydrogen (secondary N) is 1. The Bertz CT molecular complexity index is 498. The van der Waals surface area contributed by atoms with Crippen LogP contribution in [-0.4, -0.2) is 4.98 Å². The third kappa shape index (κ3) is 2.51. The van der Waals surface area contributed by atoms with E-state index in [-0.39, 0.29) is 0 Å². The molecule has 2 aromatic rings. The Morgan fingerprint density at radius 3 is 2.88 bits per heavy atom. The minimum absolute atomic E-state index is 0.390. The first kappa shape index (κ1) is 11.8. The molecule has 17 heavy (non-hydrogen) atoms. The summed E-state index contributed by atoms with van der Waals surface area (Å²) in [6.07, 6.45) is 3.51. The monoisotopic (exact) mass is 235 g/mol. The summed E-state index contributed by atoms with van der Waals surface area (Å²) in [5.41, 5.74) is 3.23. The number of rotatable bonds is 4. The van der Waals surface area contributed by atoms with E-state index in [0.717, 1.165) is 18.4 Å². The van der Waals surface area contributed by atoms with E-state index in [1.165, 1.54) is 6.07 Å². The molecule has 0 radical (unpaired) electrons. The SMILES string of the molecule is CCc1ccc(C(NN)c2cncc(F)c2)o1. The first-order valence-corrected chi connectivity index (χ1v) is 5.39. The summed E-state index contributed by atoms with van der Waals surface area (Å²) < 4.78 is 18.7. The zero-order valence-corrected chi connectivity index (χ0v) is 9.48. The highest BCUT2D eigenvalue weighted by molar-refractivity contribution is 5.25. The van der Waals surface area contributed by atoms with E-state index in [2.05, 4.69) is 10.4 Å². The van der Waals surface area contributed by atoms with Gasteiger partial charge in [-0.3, -0.25) is 10.8 Å². The number of hydrazine groups is 1. The fourth-order valence-electron chi connectivity index (χ4n) is 1.67. The van der Waals surface area contributed by atoms with Gasteiger partial charge in [0.1, 0.15) is 23.4 Å². The highest BCUT2D eigenvalue weighted by Crippen LogP contribution is 2.23. The Morgan fingerprint density at radius 1 is 1.47 bits per heavy atom. The van der Waals surface area contributed by atoms with Crippen molar-refractivity contribution in [3.63, 3.8) is 0 Å². The van der Waals surface area contributed by atoms with E-state index in [1.807, 2.05) is 19.1 Å². The molecule has 0 fully saturated rings. The molecule has 2 aromatic heterocycles. The average molecular weight is 235 g/mol. The van der Waals surface area contributed by atoms with Crippen LogP contribution in [-0.2, 0) is 6.42 Å². The van der Waals surface area contributed by atoms with Crippen LogP contribution in [0.1, 0.15) is 30.0 Å². The summed E-state index contributed by atoms with van der Waals surface area (Å²) in [6.45, 7) is 2.00. The van der Waals surface area contributed by atoms with Gasteiger partial charge in [-0.15, -0.1) is 0 Å². The van der Waals surface area contributed by atoms with Gasteiger partial charge in [-0.05, 0) is 23.8 Å². The van der Waals surface area contributed by atoms with E-state index in [9.17, 15) is 4.39 Å². The molecular weight excluding hydrogens is 221 g/mol. The average Bonchev–Trinajstić information content (AvgIpc) is 2.79. The second-order valence-electron chi connectivity index (χ2n) is 3.69. The maximum Gasteiger partial charge on any atom is 0.141 e. The summed E-state index contributed by atoms with van der Waals surface area (Å²) in [5.74, 6) is 6.59. The Hall–Kier alpha value is -1.72. The summed E-state index contributed by atoms with van der Waals surface area (Å²) in [4.78, 5) is 3.79. The quantitative estimate of drug-likeness (QED) is 0.627. The first-order chi connectivity index (χ1) is 8.24. The van der Waals surface area contributed by atoms with Crippen LogP contribution in [0.3, 0.4) is 0 Å². The summed E-state index contributed by atoms with van der Waals surface area (Å²) in [6, 6.07) is 4.70. The number of hydrogen-bond acceptors (Lipinski definition) is 4. The number of pyridine rings is 1. The minimum atomic E-state index is -0.398. The van der Waals surface area contributed by atoms with Crippen molar-refractivity contribution in [2.24, 2.45) is 5.84 Å². The number of aryl methyl sites for hydroxylation is 1. The van der Waals surface area contributed by atoms with Crippen LogP contribution in [0.15, 0.2) is 35.0 Å². The standard InChI is InChI=1S/C12H14FN3O/c1-2-10-3-4-11(17-10)12(16-14)8-5-9(13)7-15-6-8/h3-7,12,16H,2,14H2,1H3. The fourth-order valence-corrected chi connectivity index (χ4v) is 1.67. The van der Waals surface area contributed by atoms with Gasteiger partial charge in [0.15, 0.2) is 0 Å². The molecule has 0 aliphatic heterocycles. The number of furan rings is 1. The second-order valence-corrected chi connectivity index (χ2v) is 3.69. The summed E-state index contributed by atoms with van der Waals surface area (Å²) in [5, 5.41) is 0. The number of nitrogens with zero attached hydrogens (tertiary/aromatic N) is 1. The molecule has 0 spiro atoms. The summed E-state index contributed by atoms with van der Waals surface area (Å²) in [7, 11) is 0. The number of nitrogens with two attached hydrogens (primary N) is 1. The predicted octanol–water partition coefficient (Wildman–Crippen LogP) is 1.93.